The molecule has 0 aliphatic heterocycles. The van der Waals surface area contributed by atoms with Gasteiger partial charge >= 0.3 is 5.97 Å². The van der Waals surface area contributed by atoms with Crippen molar-refractivity contribution in [3.05, 3.63) is 28.0 Å². The summed E-state index contributed by atoms with van der Waals surface area (Å²) in [5, 5.41) is 9.39. The summed E-state index contributed by atoms with van der Waals surface area (Å²) < 4.78 is 18.0. The van der Waals surface area contributed by atoms with Gasteiger partial charge in [-0.25, -0.2) is 9.18 Å². The Morgan fingerprint density at radius 1 is 1.64 bits per heavy atom. The fourth-order valence-corrected chi connectivity index (χ4v) is 1.27. The van der Waals surface area contributed by atoms with Crippen LogP contribution in [0.25, 0.3) is 0 Å². The third-order valence-electron chi connectivity index (χ3n) is 1.56. The molecular weight excluding hydrogens is 255 g/mol. The van der Waals surface area contributed by atoms with Crippen LogP contribution in [0.15, 0.2) is 16.6 Å². The largest absolute Gasteiger partial charge is 0.506 e. The van der Waals surface area contributed by atoms with Gasteiger partial charge in [-0.2, -0.15) is 0 Å². The van der Waals surface area contributed by atoms with E-state index >= 15 is 0 Å². The second kappa shape index (κ2) is 4.41. The zero-order valence-electron chi connectivity index (χ0n) is 7.38. The normalized spacial score (nSPS) is 9.93. The number of carbonyl (C=O) groups excluding carboxylic acids is 1. The molecule has 0 radical (unpaired) electrons. The molecule has 0 aliphatic rings. The van der Waals surface area contributed by atoms with Gasteiger partial charge in [-0.15, -0.1) is 0 Å². The SMILES string of the molecule is CCOC(=O)c1c(F)ccc(Br)c1O. The first-order valence-corrected chi connectivity index (χ1v) is 4.71. The first-order valence-electron chi connectivity index (χ1n) is 3.92. The van der Waals surface area contributed by atoms with Crippen molar-refractivity contribution in [1.29, 1.82) is 0 Å². The monoisotopic (exact) mass is 262 g/mol. The third-order valence-corrected chi connectivity index (χ3v) is 2.20. The molecule has 0 saturated heterocycles. The summed E-state index contributed by atoms with van der Waals surface area (Å²) in [5.74, 6) is -2.11. The van der Waals surface area contributed by atoms with Crippen LogP contribution in [0.5, 0.6) is 5.75 Å². The van der Waals surface area contributed by atoms with Gasteiger partial charge in [-0.3, -0.25) is 0 Å². The van der Waals surface area contributed by atoms with Crippen molar-refractivity contribution in [2.75, 3.05) is 6.61 Å². The molecule has 0 saturated carbocycles. The fourth-order valence-electron chi connectivity index (χ4n) is 0.939. The van der Waals surface area contributed by atoms with E-state index in [0.29, 0.717) is 0 Å². The van der Waals surface area contributed by atoms with E-state index in [1.807, 2.05) is 0 Å². The zero-order chi connectivity index (χ0) is 10.7. The lowest BCUT2D eigenvalue weighted by Crippen LogP contribution is -2.07. The van der Waals surface area contributed by atoms with Crippen LogP contribution in [0.3, 0.4) is 0 Å². The quantitative estimate of drug-likeness (QED) is 0.834. The molecule has 0 fully saturated rings. The highest BCUT2D eigenvalue weighted by atomic mass is 79.9. The number of hydrogen-bond acceptors (Lipinski definition) is 3. The standard InChI is InChI=1S/C9H8BrFO3/c1-2-14-9(13)7-6(11)4-3-5(10)8(7)12/h3-4,12H,2H2,1H3. The van der Waals surface area contributed by atoms with Gasteiger partial charge in [0.25, 0.3) is 0 Å². The highest BCUT2D eigenvalue weighted by molar-refractivity contribution is 9.10. The smallest absolute Gasteiger partial charge is 0.344 e. The summed E-state index contributed by atoms with van der Waals surface area (Å²) in [6.07, 6.45) is 0. The van der Waals surface area contributed by atoms with E-state index in [1.54, 1.807) is 6.92 Å². The molecule has 1 N–H and O–H groups in total. The highest BCUT2D eigenvalue weighted by Gasteiger charge is 2.19. The molecule has 0 spiro atoms. The lowest BCUT2D eigenvalue weighted by atomic mass is 10.2. The Hall–Kier alpha value is -1.10. The average molecular weight is 263 g/mol. The lowest BCUT2D eigenvalue weighted by Gasteiger charge is -2.06. The van der Waals surface area contributed by atoms with E-state index in [-0.39, 0.29) is 11.1 Å². The molecule has 0 aliphatic carbocycles. The van der Waals surface area contributed by atoms with Crippen molar-refractivity contribution in [2.24, 2.45) is 0 Å². The molecule has 5 heteroatoms. The van der Waals surface area contributed by atoms with Crippen LogP contribution in [0.1, 0.15) is 17.3 Å². The minimum atomic E-state index is -0.871. The second-order valence-electron chi connectivity index (χ2n) is 2.47. The van der Waals surface area contributed by atoms with Crippen LogP contribution in [-0.2, 0) is 4.74 Å². The Labute approximate surface area is 88.6 Å². The number of carbonyl (C=O) groups is 1. The zero-order valence-corrected chi connectivity index (χ0v) is 8.97. The number of phenols is 1. The molecule has 1 aromatic carbocycles. The Morgan fingerprint density at radius 3 is 2.86 bits per heavy atom. The van der Waals surface area contributed by atoms with E-state index in [2.05, 4.69) is 20.7 Å². The summed E-state index contributed by atoms with van der Waals surface area (Å²) in [6.45, 7) is 1.73. The molecule has 0 aromatic heterocycles. The molecule has 76 valence electrons. The summed E-state index contributed by atoms with van der Waals surface area (Å²) >= 11 is 2.98. The van der Waals surface area contributed by atoms with Crippen LogP contribution in [0.2, 0.25) is 0 Å². The third kappa shape index (κ3) is 2.04. The number of phenolic OH excluding ortho intramolecular Hbond substituents is 1. The second-order valence-corrected chi connectivity index (χ2v) is 3.33. The number of hydrogen-bond donors (Lipinski definition) is 1. The maximum absolute atomic E-state index is 13.1. The van der Waals surface area contributed by atoms with E-state index < -0.39 is 23.1 Å². The van der Waals surface area contributed by atoms with Gasteiger partial charge in [-0.05, 0) is 35.0 Å². The molecule has 0 bridgehead atoms. The molecule has 0 unspecified atom stereocenters. The topological polar surface area (TPSA) is 46.5 Å². The Balaban J connectivity index is 3.18. The van der Waals surface area contributed by atoms with E-state index in [0.717, 1.165) is 6.07 Å². The summed E-state index contributed by atoms with van der Waals surface area (Å²) in [7, 11) is 0. The van der Waals surface area contributed by atoms with Gasteiger partial charge in [0.15, 0.2) is 0 Å². The van der Waals surface area contributed by atoms with Crippen LogP contribution < -0.4 is 0 Å². The van der Waals surface area contributed by atoms with E-state index in [1.165, 1.54) is 6.07 Å². The Bertz CT molecular complexity index is 365. The van der Waals surface area contributed by atoms with E-state index in [9.17, 15) is 14.3 Å². The van der Waals surface area contributed by atoms with Crippen LogP contribution in [0.4, 0.5) is 4.39 Å². The minimum Gasteiger partial charge on any atom is -0.506 e. The predicted octanol–water partition coefficient (Wildman–Crippen LogP) is 2.47. The number of rotatable bonds is 2. The highest BCUT2D eigenvalue weighted by Crippen LogP contribution is 2.30. The van der Waals surface area contributed by atoms with Gasteiger partial charge in [0, 0.05) is 0 Å². The van der Waals surface area contributed by atoms with Crippen molar-refractivity contribution in [3.63, 3.8) is 0 Å². The number of esters is 1. The van der Waals surface area contributed by atoms with Crippen molar-refractivity contribution < 1.29 is 19.0 Å². The number of aromatic hydroxyl groups is 1. The molecule has 14 heavy (non-hydrogen) atoms. The molecule has 1 rings (SSSR count). The molecule has 1 aromatic rings. The molecule has 3 nitrogen and oxygen atoms in total. The van der Waals surface area contributed by atoms with Gasteiger partial charge in [0.05, 0.1) is 11.1 Å². The number of ether oxygens (including phenoxy) is 1. The van der Waals surface area contributed by atoms with Crippen LogP contribution in [0, 0.1) is 5.82 Å². The first kappa shape index (κ1) is 11.0. The average Bonchev–Trinajstić information content (AvgIpc) is 2.13. The fraction of sp³-hybridized carbons (Fsp3) is 0.222. The van der Waals surface area contributed by atoms with Gasteiger partial charge in [-0.1, -0.05) is 0 Å². The lowest BCUT2D eigenvalue weighted by molar-refractivity contribution is 0.0517. The summed E-state index contributed by atoms with van der Waals surface area (Å²) in [6, 6.07) is 2.39. The molecule has 0 atom stereocenters. The maximum Gasteiger partial charge on any atom is 0.344 e. The Kier molecular flexibility index (Phi) is 3.46. The van der Waals surface area contributed by atoms with Gasteiger partial charge in [0.1, 0.15) is 17.1 Å². The van der Waals surface area contributed by atoms with Gasteiger partial charge in [0.2, 0.25) is 0 Å². The first-order chi connectivity index (χ1) is 6.57. The maximum atomic E-state index is 13.1. The number of halogens is 2. The van der Waals surface area contributed by atoms with Crippen molar-refractivity contribution in [2.45, 2.75) is 6.92 Å². The summed E-state index contributed by atoms with van der Waals surface area (Å²) in [4.78, 5) is 11.2. The number of benzene rings is 1. The van der Waals surface area contributed by atoms with Crippen LogP contribution in [-0.4, -0.2) is 17.7 Å². The predicted molar refractivity (Wildman–Crippen MR) is 51.7 cm³/mol. The van der Waals surface area contributed by atoms with Crippen molar-refractivity contribution in [1.82, 2.24) is 0 Å². The van der Waals surface area contributed by atoms with Gasteiger partial charge < -0.3 is 9.84 Å². The molecule has 0 amide bonds. The van der Waals surface area contributed by atoms with Crippen LogP contribution >= 0.6 is 15.9 Å². The van der Waals surface area contributed by atoms with E-state index in [4.69, 9.17) is 0 Å². The molecule has 0 heterocycles. The Morgan fingerprint density at radius 2 is 2.29 bits per heavy atom. The van der Waals surface area contributed by atoms with Crippen molar-refractivity contribution in [3.8, 4) is 5.75 Å². The van der Waals surface area contributed by atoms with Crippen molar-refractivity contribution >= 4 is 21.9 Å². The molecular formula is C9H8BrFO3. The summed E-state index contributed by atoms with van der Waals surface area (Å²) in [5.41, 5.74) is -0.443. The minimum absolute atomic E-state index is 0.129.